The lowest BCUT2D eigenvalue weighted by atomic mass is 9.87. The van der Waals surface area contributed by atoms with Crippen LogP contribution in [0.4, 0.5) is 15.8 Å². The van der Waals surface area contributed by atoms with E-state index in [2.05, 4.69) is 31.4 Å². The third-order valence-electron chi connectivity index (χ3n) is 5.35. The zero-order chi connectivity index (χ0) is 25.8. The van der Waals surface area contributed by atoms with Crippen molar-refractivity contribution >= 4 is 29.3 Å². The van der Waals surface area contributed by atoms with Crippen LogP contribution in [0.15, 0.2) is 72.4 Å². The van der Waals surface area contributed by atoms with Crippen LogP contribution in [0.2, 0.25) is 0 Å². The molecule has 0 saturated carbocycles. The molecule has 0 unspecified atom stereocenters. The van der Waals surface area contributed by atoms with E-state index in [1.54, 1.807) is 25.1 Å². The fraction of sp³-hybridized carbons (Fsp3) is 0.185. The molecule has 35 heavy (non-hydrogen) atoms. The Morgan fingerprint density at radius 3 is 2.14 bits per heavy atom. The molecule has 0 aliphatic carbocycles. The van der Waals surface area contributed by atoms with E-state index in [-0.39, 0.29) is 22.5 Å². The molecule has 0 atom stereocenters. The van der Waals surface area contributed by atoms with Gasteiger partial charge in [-0.25, -0.2) is 4.39 Å². The molecule has 0 heterocycles. The van der Waals surface area contributed by atoms with Gasteiger partial charge in [-0.05, 0) is 71.5 Å². The van der Waals surface area contributed by atoms with E-state index in [0.717, 1.165) is 5.56 Å². The molecule has 3 aromatic carbocycles. The van der Waals surface area contributed by atoms with Crippen molar-refractivity contribution in [2.45, 2.75) is 33.1 Å². The van der Waals surface area contributed by atoms with Crippen LogP contribution in [-0.2, 0) is 10.2 Å². The lowest BCUT2D eigenvalue weighted by Crippen LogP contribution is -2.30. The van der Waals surface area contributed by atoms with Gasteiger partial charge in [0.25, 0.3) is 17.5 Å². The van der Waals surface area contributed by atoms with Gasteiger partial charge in [0.05, 0.1) is 4.92 Å². The van der Waals surface area contributed by atoms with E-state index in [0.29, 0.717) is 16.7 Å². The van der Waals surface area contributed by atoms with E-state index < -0.39 is 22.6 Å². The topological polar surface area (TPSA) is 101 Å². The second kappa shape index (κ2) is 10.3. The van der Waals surface area contributed by atoms with Crippen molar-refractivity contribution in [1.29, 1.82) is 0 Å². The monoisotopic (exact) mass is 475 g/mol. The Bertz CT molecular complexity index is 1290. The van der Waals surface area contributed by atoms with Crippen molar-refractivity contribution < 1.29 is 18.9 Å². The van der Waals surface area contributed by atoms with E-state index in [1.165, 1.54) is 42.5 Å². The highest BCUT2D eigenvalue weighted by molar-refractivity contribution is 6.10. The number of benzene rings is 3. The van der Waals surface area contributed by atoms with Gasteiger partial charge in [-0.1, -0.05) is 39.0 Å². The van der Waals surface area contributed by atoms with Gasteiger partial charge >= 0.3 is 0 Å². The first-order valence-corrected chi connectivity index (χ1v) is 10.9. The smallest absolute Gasteiger partial charge is 0.272 e. The number of carbonyl (C=O) groups excluding carboxylic acids is 2. The largest absolute Gasteiger partial charge is 0.321 e. The highest BCUT2D eigenvalue weighted by atomic mass is 19.1. The first-order chi connectivity index (χ1) is 16.4. The number of aryl methyl sites for hydroxylation is 1. The average Bonchev–Trinajstić information content (AvgIpc) is 2.80. The van der Waals surface area contributed by atoms with Crippen LogP contribution in [0.1, 0.15) is 47.8 Å². The molecule has 2 N–H and O–H groups in total. The van der Waals surface area contributed by atoms with Crippen molar-refractivity contribution in [1.82, 2.24) is 5.32 Å². The number of nitro benzene ring substituents is 1. The Hall–Kier alpha value is -4.33. The van der Waals surface area contributed by atoms with Gasteiger partial charge in [-0.3, -0.25) is 19.7 Å². The molecule has 0 aliphatic heterocycles. The molecule has 0 fully saturated rings. The number of rotatable bonds is 6. The molecule has 2 amide bonds. The van der Waals surface area contributed by atoms with Gasteiger partial charge < -0.3 is 10.6 Å². The molecule has 0 aliphatic rings. The summed E-state index contributed by atoms with van der Waals surface area (Å²) >= 11 is 0. The summed E-state index contributed by atoms with van der Waals surface area (Å²) in [5.41, 5.74) is 2.21. The number of nitrogens with zero attached hydrogens (tertiary/aromatic N) is 1. The van der Waals surface area contributed by atoms with Gasteiger partial charge in [-0.15, -0.1) is 0 Å². The van der Waals surface area contributed by atoms with Crippen LogP contribution in [-0.4, -0.2) is 16.7 Å². The Morgan fingerprint density at radius 1 is 0.971 bits per heavy atom. The summed E-state index contributed by atoms with van der Waals surface area (Å²) in [5.74, 6) is -1.67. The van der Waals surface area contributed by atoms with Gasteiger partial charge in [-0.2, -0.15) is 0 Å². The number of nitro groups is 1. The van der Waals surface area contributed by atoms with Crippen LogP contribution < -0.4 is 10.6 Å². The van der Waals surface area contributed by atoms with Gasteiger partial charge in [0.2, 0.25) is 0 Å². The fourth-order valence-electron chi connectivity index (χ4n) is 3.20. The van der Waals surface area contributed by atoms with Crippen molar-refractivity contribution in [2.24, 2.45) is 0 Å². The van der Waals surface area contributed by atoms with Crippen LogP contribution >= 0.6 is 0 Å². The maximum absolute atomic E-state index is 13.9. The Morgan fingerprint density at radius 2 is 1.60 bits per heavy atom. The van der Waals surface area contributed by atoms with Gasteiger partial charge in [0, 0.05) is 23.4 Å². The van der Waals surface area contributed by atoms with Crippen LogP contribution in [0.3, 0.4) is 0 Å². The number of amides is 2. The Balaban J connectivity index is 1.90. The first-order valence-electron chi connectivity index (χ1n) is 10.9. The van der Waals surface area contributed by atoms with Crippen molar-refractivity contribution in [3.63, 3.8) is 0 Å². The number of hydrogen-bond acceptors (Lipinski definition) is 4. The van der Waals surface area contributed by atoms with E-state index in [1.807, 2.05) is 12.1 Å². The molecule has 0 bridgehead atoms. The zero-order valence-corrected chi connectivity index (χ0v) is 19.9. The highest BCUT2D eigenvalue weighted by Gasteiger charge is 2.18. The summed E-state index contributed by atoms with van der Waals surface area (Å²) < 4.78 is 13.9. The third kappa shape index (κ3) is 6.60. The predicted molar refractivity (Wildman–Crippen MR) is 133 cm³/mol. The summed E-state index contributed by atoms with van der Waals surface area (Å²) in [6.45, 7) is 7.79. The maximum Gasteiger partial charge on any atom is 0.272 e. The fourth-order valence-corrected chi connectivity index (χ4v) is 3.20. The summed E-state index contributed by atoms with van der Waals surface area (Å²) in [6, 6.07) is 16.8. The Kier molecular flexibility index (Phi) is 7.44. The van der Waals surface area contributed by atoms with E-state index >= 15 is 0 Å². The second-order valence-electron chi connectivity index (χ2n) is 9.11. The number of carbonyl (C=O) groups is 2. The molecule has 180 valence electrons. The van der Waals surface area contributed by atoms with Crippen molar-refractivity contribution in [3.05, 3.63) is 111 Å². The van der Waals surface area contributed by atoms with Crippen molar-refractivity contribution in [2.75, 3.05) is 5.32 Å². The number of anilines is 1. The van der Waals surface area contributed by atoms with Crippen molar-refractivity contribution in [3.8, 4) is 0 Å². The van der Waals surface area contributed by atoms with E-state index in [4.69, 9.17) is 0 Å². The minimum absolute atomic E-state index is 0.0841. The lowest BCUT2D eigenvalue weighted by molar-refractivity contribution is -0.384. The molecule has 0 spiro atoms. The molecule has 3 rings (SSSR count). The first kappa shape index (κ1) is 25.3. The van der Waals surface area contributed by atoms with Crippen LogP contribution in [0, 0.1) is 22.9 Å². The number of hydrogen-bond donors (Lipinski definition) is 2. The number of halogens is 1. The van der Waals surface area contributed by atoms with E-state index in [9.17, 15) is 24.1 Å². The second-order valence-corrected chi connectivity index (χ2v) is 9.11. The molecule has 3 aromatic rings. The normalized spacial score (nSPS) is 11.6. The molecule has 0 saturated heterocycles. The molecular formula is C27H26FN3O4. The van der Waals surface area contributed by atoms with Gasteiger partial charge in [0.15, 0.2) is 0 Å². The third-order valence-corrected chi connectivity index (χ3v) is 5.35. The molecule has 0 aromatic heterocycles. The quantitative estimate of drug-likeness (QED) is 0.269. The molecule has 8 heteroatoms. The SMILES string of the molecule is Cc1ccc(NC(=O)/C(=C/c2ccc([N+](=O)[O-])cc2)NC(=O)c2ccc(C(C)(C)C)cc2)cc1F. The summed E-state index contributed by atoms with van der Waals surface area (Å²) in [5, 5.41) is 16.1. The lowest BCUT2D eigenvalue weighted by Gasteiger charge is -2.19. The Labute approximate surface area is 202 Å². The highest BCUT2D eigenvalue weighted by Crippen LogP contribution is 2.22. The maximum atomic E-state index is 13.9. The summed E-state index contributed by atoms with van der Waals surface area (Å²) in [4.78, 5) is 36.3. The van der Waals surface area contributed by atoms with Crippen LogP contribution in [0.5, 0.6) is 0 Å². The summed E-state index contributed by atoms with van der Waals surface area (Å²) in [6.07, 6.45) is 1.39. The number of nitrogens with one attached hydrogen (secondary N) is 2. The zero-order valence-electron chi connectivity index (χ0n) is 19.9. The summed E-state index contributed by atoms with van der Waals surface area (Å²) in [7, 11) is 0. The molecule has 0 radical (unpaired) electrons. The van der Waals surface area contributed by atoms with Gasteiger partial charge in [0.1, 0.15) is 11.5 Å². The average molecular weight is 476 g/mol. The predicted octanol–water partition coefficient (Wildman–Crippen LogP) is 5.75. The minimum Gasteiger partial charge on any atom is -0.321 e. The minimum atomic E-state index is -0.675. The van der Waals surface area contributed by atoms with Crippen LogP contribution in [0.25, 0.3) is 6.08 Å². The number of non-ortho nitro benzene ring substituents is 1. The standard InChI is InChI=1S/C27H26FN3O4/c1-17-5-12-21(16-23(17)28)29-26(33)24(15-18-6-13-22(14-7-18)31(34)35)30-25(32)19-8-10-20(11-9-19)27(2,3)4/h5-16H,1-4H3,(H,29,33)(H,30,32)/b24-15-. The molecule has 7 nitrogen and oxygen atoms in total. The molecular weight excluding hydrogens is 449 g/mol.